The zero-order valence-corrected chi connectivity index (χ0v) is 28.2. The summed E-state index contributed by atoms with van der Waals surface area (Å²) in [5.74, 6) is 0. The number of nitrogens with zero attached hydrogens (tertiary/aromatic N) is 3. The minimum absolute atomic E-state index is 0.635. The van der Waals surface area contributed by atoms with E-state index in [1.807, 2.05) is 72.8 Å². The van der Waals surface area contributed by atoms with Crippen LogP contribution < -0.4 is 0 Å². The Morgan fingerprint density at radius 2 is 0.882 bits per heavy atom. The van der Waals surface area contributed by atoms with E-state index < -0.39 is 0 Å². The molecule has 0 N–H and O–H groups in total. The van der Waals surface area contributed by atoms with Gasteiger partial charge >= 0.3 is 0 Å². The highest BCUT2D eigenvalue weighted by molar-refractivity contribution is 6.17. The monoisotopic (exact) mass is 651 g/mol. The molecule has 0 bridgehead atoms. The number of benzene rings is 7. The van der Waals surface area contributed by atoms with Gasteiger partial charge in [0.15, 0.2) is 0 Å². The Balaban J connectivity index is 1.36. The lowest BCUT2D eigenvalue weighted by atomic mass is 9.87. The van der Waals surface area contributed by atoms with E-state index in [4.69, 9.17) is 4.99 Å². The molecule has 0 amide bonds. The van der Waals surface area contributed by atoms with Crippen molar-refractivity contribution in [3.8, 4) is 56.6 Å². The Morgan fingerprint density at radius 3 is 1.35 bits per heavy atom. The first-order chi connectivity index (χ1) is 25.0. The molecule has 0 fully saturated rings. The van der Waals surface area contributed by atoms with Gasteiger partial charge in [-0.15, -0.1) is 0 Å². The van der Waals surface area contributed by atoms with Crippen LogP contribution in [0.1, 0.15) is 33.4 Å². The molecule has 51 heavy (non-hydrogen) atoms. The SMILES string of the molecule is C=C(/N=C(/c1ccc(-c2ccc(C#N)cc2)cc1)c1cc(-c2ccccc2)cc(-c2ccccc2)c1C)c1ccc(-c2ccc(C#N)cc2)cc1. The summed E-state index contributed by atoms with van der Waals surface area (Å²) < 4.78 is 0. The zero-order valence-electron chi connectivity index (χ0n) is 28.2. The van der Waals surface area contributed by atoms with Crippen molar-refractivity contribution >= 4 is 11.4 Å². The summed E-state index contributed by atoms with van der Waals surface area (Å²) in [7, 11) is 0. The van der Waals surface area contributed by atoms with Gasteiger partial charge in [0, 0.05) is 11.1 Å². The highest BCUT2D eigenvalue weighted by Crippen LogP contribution is 2.35. The van der Waals surface area contributed by atoms with E-state index in [1.54, 1.807) is 0 Å². The van der Waals surface area contributed by atoms with Crippen molar-refractivity contribution < 1.29 is 0 Å². The predicted octanol–water partition coefficient (Wildman–Crippen LogP) is 11.9. The van der Waals surface area contributed by atoms with Crippen molar-refractivity contribution in [1.82, 2.24) is 0 Å². The fraction of sp³-hybridized carbons (Fsp3) is 0.0208. The van der Waals surface area contributed by atoms with Gasteiger partial charge in [-0.1, -0.05) is 140 Å². The first-order valence-corrected chi connectivity index (χ1v) is 16.8. The predicted molar refractivity (Wildman–Crippen MR) is 210 cm³/mol. The Labute approximate surface area is 299 Å². The van der Waals surface area contributed by atoms with E-state index in [-0.39, 0.29) is 0 Å². The molecule has 240 valence electrons. The summed E-state index contributed by atoms with van der Waals surface area (Å²) in [6, 6.07) is 61.8. The van der Waals surface area contributed by atoms with Crippen molar-refractivity contribution in [3.05, 3.63) is 210 Å². The van der Waals surface area contributed by atoms with Gasteiger partial charge in [0.2, 0.25) is 0 Å². The van der Waals surface area contributed by atoms with E-state index in [2.05, 4.69) is 123 Å². The van der Waals surface area contributed by atoms with Crippen LogP contribution in [0.3, 0.4) is 0 Å². The fourth-order valence-corrected chi connectivity index (χ4v) is 6.30. The van der Waals surface area contributed by atoms with E-state index in [0.717, 1.165) is 72.5 Å². The van der Waals surface area contributed by atoms with Crippen LogP contribution in [0.15, 0.2) is 181 Å². The number of aliphatic imine (C=N–C) groups is 1. The second kappa shape index (κ2) is 14.6. The molecular weight excluding hydrogens is 619 g/mol. The first kappa shape index (κ1) is 32.5. The van der Waals surface area contributed by atoms with Crippen molar-refractivity contribution in [2.45, 2.75) is 6.92 Å². The Morgan fingerprint density at radius 1 is 0.471 bits per heavy atom. The second-order valence-corrected chi connectivity index (χ2v) is 12.4. The maximum absolute atomic E-state index is 9.27. The van der Waals surface area contributed by atoms with Crippen LogP contribution in [0, 0.1) is 29.6 Å². The van der Waals surface area contributed by atoms with Gasteiger partial charge in [-0.2, -0.15) is 10.5 Å². The summed E-state index contributed by atoms with van der Waals surface area (Å²) in [6.07, 6.45) is 0. The Kier molecular flexibility index (Phi) is 9.29. The van der Waals surface area contributed by atoms with Crippen LogP contribution >= 0.6 is 0 Å². The van der Waals surface area contributed by atoms with Gasteiger partial charge in [0.1, 0.15) is 0 Å². The quantitative estimate of drug-likeness (QED) is 0.154. The zero-order chi connectivity index (χ0) is 35.2. The molecule has 7 aromatic carbocycles. The summed E-state index contributed by atoms with van der Waals surface area (Å²) in [5, 5.41) is 18.5. The van der Waals surface area contributed by atoms with Crippen molar-refractivity contribution in [3.63, 3.8) is 0 Å². The molecule has 0 saturated heterocycles. The van der Waals surface area contributed by atoms with Gasteiger partial charge in [-0.25, -0.2) is 4.99 Å². The van der Waals surface area contributed by atoms with Gasteiger partial charge < -0.3 is 0 Å². The molecule has 0 unspecified atom stereocenters. The van der Waals surface area contributed by atoms with E-state index in [9.17, 15) is 10.5 Å². The van der Waals surface area contributed by atoms with Crippen LogP contribution in [0.5, 0.6) is 0 Å². The van der Waals surface area contributed by atoms with Crippen LogP contribution in [-0.4, -0.2) is 5.71 Å². The third-order valence-electron chi connectivity index (χ3n) is 9.17. The third kappa shape index (κ3) is 7.06. The molecule has 0 radical (unpaired) electrons. The molecule has 3 heteroatoms. The van der Waals surface area contributed by atoms with Crippen LogP contribution in [0.2, 0.25) is 0 Å². The van der Waals surface area contributed by atoms with Gasteiger partial charge in [-0.3, -0.25) is 0 Å². The topological polar surface area (TPSA) is 59.9 Å². The molecule has 0 atom stereocenters. The van der Waals surface area contributed by atoms with E-state index in [0.29, 0.717) is 16.8 Å². The van der Waals surface area contributed by atoms with Crippen LogP contribution in [0.4, 0.5) is 0 Å². The second-order valence-electron chi connectivity index (χ2n) is 12.4. The van der Waals surface area contributed by atoms with Crippen LogP contribution in [0.25, 0.3) is 50.2 Å². The largest absolute Gasteiger partial charge is 0.248 e. The van der Waals surface area contributed by atoms with Crippen molar-refractivity contribution in [1.29, 1.82) is 10.5 Å². The van der Waals surface area contributed by atoms with Crippen LogP contribution in [-0.2, 0) is 0 Å². The van der Waals surface area contributed by atoms with E-state index in [1.165, 1.54) is 0 Å². The molecule has 0 aliphatic rings. The minimum Gasteiger partial charge on any atom is -0.248 e. The maximum atomic E-state index is 9.27. The molecule has 0 spiro atoms. The third-order valence-corrected chi connectivity index (χ3v) is 9.17. The average molecular weight is 652 g/mol. The molecule has 0 heterocycles. The van der Waals surface area contributed by atoms with Gasteiger partial charge in [0.25, 0.3) is 0 Å². The molecule has 7 rings (SSSR count). The normalized spacial score (nSPS) is 11.0. The van der Waals surface area contributed by atoms with Gasteiger partial charge in [-0.05, 0) is 99.0 Å². The average Bonchev–Trinajstić information content (AvgIpc) is 3.21. The lowest BCUT2D eigenvalue weighted by Crippen LogP contribution is -2.08. The molecule has 7 aromatic rings. The molecule has 0 saturated carbocycles. The van der Waals surface area contributed by atoms with Crippen molar-refractivity contribution in [2.75, 3.05) is 0 Å². The maximum Gasteiger partial charge on any atom is 0.0991 e. The highest BCUT2D eigenvalue weighted by atomic mass is 14.8. The molecule has 0 aliphatic carbocycles. The number of hydrogen-bond donors (Lipinski definition) is 0. The molecule has 3 nitrogen and oxygen atoms in total. The lowest BCUT2D eigenvalue weighted by Gasteiger charge is -2.18. The number of nitriles is 2. The fourth-order valence-electron chi connectivity index (χ4n) is 6.30. The minimum atomic E-state index is 0.635. The summed E-state index contributed by atoms with van der Waals surface area (Å²) in [5.41, 5.74) is 15.5. The molecule has 0 aromatic heterocycles. The lowest BCUT2D eigenvalue weighted by molar-refractivity contribution is 1.40. The van der Waals surface area contributed by atoms with Crippen molar-refractivity contribution in [2.24, 2.45) is 4.99 Å². The smallest absolute Gasteiger partial charge is 0.0991 e. The standard InChI is InChI=1S/C48H33N3/c1-33-46(43-11-7-4-8-12-43)29-45(38-9-5-3-6-10-38)30-47(33)48(44-27-25-42(26-28-44)40-19-15-36(32-50)16-20-40)51-34(2)37-21-23-41(24-22-37)39-17-13-35(31-49)14-18-39/h3-30H,2H2,1H3/b51-48-. The number of rotatable bonds is 8. The Bertz CT molecular complexity index is 2440. The summed E-state index contributed by atoms with van der Waals surface area (Å²) >= 11 is 0. The van der Waals surface area contributed by atoms with E-state index >= 15 is 0 Å². The molecular formula is C48H33N3. The highest BCUT2D eigenvalue weighted by Gasteiger charge is 2.18. The van der Waals surface area contributed by atoms with Gasteiger partial charge in [0.05, 0.1) is 34.7 Å². The number of hydrogen-bond acceptors (Lipinski definition) is 3. The summed E-state index contributed by atoms with van der Waals surface area (Å²) in [6.45, 7) is 6.63. The Hall–Kier alpha value is -7.07. The first-order valence-electron chi connectivity index (χ1n) is 16.8. The summed E-state index contributed by atoms with van der Waals surface area (Å²) in [4.78, 5) is 5.32. The molecule has 0 aliphatic heterocycles.